The highest BCUT2D eigenvalue weighted by molar-refractivity contribution is 6.30. The zero-order valence-electron chi connectivity index (χ0n) is 15.9. The maximum absolute atomic E-state index is 12.7. The summed E-state index contributed by atoms with van der Waals surface area (Å²) >= 11 is 5.99. The topological polar surface area (TPSA) is 48.5 Å². The van der Waals surface area contributed by atoms with E-state index < -0.39 is 0 Å². The first-order valence-electron chi connectivity index (χ1n) is 9.47. The Morgan fingerprint density at radius 1 is 1.11 bits per heavy atom. The van der Waals surface area contributed by atoms with Gasteiger partial charge in [0.1, 0.15) is 5.82 Å². The molecule has 1 aromatic heterocycles. The number of carbonyl (C=O) groups excluding carboxylic acids is 1. The minimum absolute atomic E-state index is 0.126. The number of nitrogens with zero attached hydrogens (tertiary/aromatic N) is 3. The van der Waals surface area contributed by atoms with Crippen molar-refractivity contribution in [2.24, 2.45) is 5.92 Å². The van der Waals surface area contributed by atoms with Gasteiger partial charge in [0.15, 0.2) is 0 Å². The Hall–Kier alpha value is -2.11. The van der Waals surface area contributed by atoms with E-state index >= 15 is 0 Å². The molecule has 1 aliphatic heterocycles. The number of pyridine rings is 1. The van der Waals surface area contributed by atoms with E-state index in [4.69, 9.17) is 11.6 Å². The van der Waals surface area contributed by atoms with Gasteiger partial charge < -0.3 is 15.1 Å². The summed E-state index contributed by atoms with van der Waals surface area (Å²) in [4.78, 5) is 21.2. The van der Waals surface area contributed by atoms with E-state index in [-0.39, 0.29) is 11.9 Å². The fourth-order valence-electron chi connectivity index (χ4n) is 3.44. The van der Waals surface area contributed by atoms with E-state index in [0.717, 1.165) is 42.6 Å². The predicted octanol–water partition coefficient (Wildman–Crippen LogP) is 3.37. The van der Waals surface area contributed by atoms with E-state index in [0.29, 0.717) is 12.5 Å². The molecule has 3 rings (SSSR count). The molecule has 0 bridgehead atoms. The Bertz CT molecular complexity index is 728. The first-order valence-corrected chi connectivity index (χ1v) is 9.85. The van der Waals surface area contributed by atoms with Crippen LogP contribution in [0.25, 0.3) is 0 Å². The molecule has 0 saturated carbocycles. The Labute approximate surface area is 166 Å². The van der Waals surface area contributed by atoms with E-state index in [9.17, 15) is 4.79 Å². The van der Waals surface area contributed by atoms with Gasteiger partial charge in [-0.25, -0.2) is 4.98 Å². The van der Waals surface area contributed by atoms with Crippen molar-refractivity contribution in [3.8, 4) is 0 Å². The molecule has 144 valence electrons. The number of carbonyl (C=O) groups is 1. The van der Waals surface area contributed by atoms with Gasteiger partial charge in [0.2, 0.25) is 5.91 Å². The molecular weight excluding hydrogens is 360 g/mol. The van der Waals surface area contributed by atoms with Gasteiger partial charge in [0, 0.05) is 43.4 Å². The van der Waals surface area contributed by atoms with Gasteiger partial charge in [-0.1, -0.05) is 43.6 Å². The number of nitrogens with one attached hydrogen (secondary N) is 1. The molecule has 1 amide bonds. The van der Waals surface area contributed by atoms with Gasteiger partial charge in [0.25, 0.3) is 0 Å². The van der Waals surface area contributed by atoms with Gasteiger partial charge in [-0.05, 0) is 35.7 Å². The van der Waals surface area contributed by atoms with Crippen molar-refractivity contribution < 1.29 is 4.79 Å². The van der Waals surface area contributed by atoms with Gasteiger partial charge in [-0.3, -0.25) is 4.79 Å². The van der Waals surface area contributed by atoms with E-state index in [1.54, 1.807) is 6.20 Å². The maximum atomic E-state index is 12.7. The van der Waals surface area contributed by atoms with Gasteiger partial charge >= 0.3 is 0 Å². The Kier molecular flexibility index (Phi) is 6.69. The van der Waals surface area contributed by atoms with Crippen molar-refractivity contribution in [1.29, 1.82) is 0 Å². The van der Waals surface area contributed by atoms with E-state index in [1.165, 1.54) is 0 Å². The standard InChI is InChI=1S/C21H27ClN4O/c1-16(2)21(17-6-8-18(22)9-7-17)24-15-20(27)26-13-11-25(12-14-26)19-5-3-4-10-23-19/h3-10,16,21,24H,11-15H2,1-2H3. The fourth-order valence-corrected chi connectivity index (χ4v) is 3.57. The number of hydrogen-bond acceptors (Lipinski definition) is 4. The molecule has 1 aliphatic rings. The van der Waals surface area contributed by atoms with Crippen molar-refractivity contribution >= 4 is 23.3 Å². The second kappa shape index (κ2) is 9.20. The first-order chi connectivity index (χ1) is 13.0. The summed E-state index contributed by atoms with van der Waals surface area (Å²) in [6.45, 7) is 7.73. The number of anilines is 1. The highest BCUT2D eigenvalue weighted by atomic mass is 35.5. The normalized spacial score (nSPS) is 15.9. The maximum Gasteiger partial charge on any atom is 0.236 e. The van der Waals surface area contributed by atoms with Crippen LogP contribution in [0.4, 0.5) is 5.82 Å². The molecule has 0 spiro atoms. The zero-order chi connectivity index (χ0) is 19.2. The lowest BCUT2D eigenvalue weighted by atomic mass is 9.96. The van der Waals surface area contributed by atoms with Crippen LogP contribution in [0.5, 0.6) is 0 Å². The van der Waals surface area contributed by atoms with Crippen LogP contribution >= 0.6 is 11.6 Å². The van der Waals surface area contributed by atoms with E-state index in [2.05, 4.69) is 29.0 Å². The molecule has 2 aromatic rings. The second-order valence-electron chi connectivity index (χ2n) is 7.21. The molecule has 0 radical (unpaired) electrons. The van der Waals surface area contributed by atoms with Crippen molar-refractivity contribution in [1.82, 2.24) is 15.2 Å². The summed E-state index contributed by atoms with van der Waals surface area (Å²) in [6.07, 6.45) is 1.81. The number of halogens is 1. The molecule has 1 atom stereocenters. The number of benzene rings is 1. The fraction of sp³-hybridized carbons (Fsp3) is 0.429. The third-order valence-corrected chi connectivity index (χ3v) is 5.23. The van der Waals surface area contributed by atoms with Crippen LogP contribution in [-0.2, 0) is 4.79 Å². The van der Waals surface area contributed by atoms with E-state index in [1.807, 2.05) is 47.4 Å². The van der Waals surface area contributed by atoms with Crippen molar-refractivity contribution in [2.75, 3.05) is 37.6 Å². The van der Waals surface area contributed by atoms with Crippen LogP contribution < -0.4 is 10.2 Å². The average Bonchev–Trinajstić information content (AvgIpc) is 2.70. The highest BCUT2D eigenvalue weighted by Gasteiger charge is 2.23. The summed E-state index contributed by atoms with van der Waals surface area (Å²) < 4.78 is 0. The third-order valence-electron chi connectivity index (χ3n) is 4.97. The molecule has 1 saturated heterocycles. The van der Waals surface area contributed by atoms with Crippen molar-refractivity contribution in [3.05, 3.63) is 59.2 Å². The largest absolute Gasteiger partial charge is 0.353 e. The SMILES string of the molecule is CC(C)C(NCC(=O)N1CCN(c2ccccn2)CC1)c1ccc(Cl)cc1. The lowest BCUT2D eigenvalue weighted by Crippen LogP contribution is -2.51. The first kappa shape index (κ1) is 19.6. The van der Waals surface area contributed by atoms with Crippen LogP contribution in [0.15, 0.2) is 48.7 Å². The zero-order valence-corrected chi connectivity index (χ0v) is 16.7. The summed E-state index contributed by atoms with van der Waals surface area (Å²) in [5, 5.41) is 4.16. The van der Waals surface area contributed by atoms with Gasteiger partial charge in [0.05, 0.1) is 6.54 Å². The number of aromatic nitrogens is 1. The van der Waals surface area contributed by atoms with Gasteiger partial charge in [-0.15, -0.1) is 0 Å². The smallest absolute Gasteiger partial charge is 0.236 e. The second-order valence-corrected chi connectivity index (χ2v) is 7.65. The third kappa shape index (κ3) is 5.21. The minimum atomic E-state index is 0.126. The number of piperazine rings is 1. The quantitative estimate of drug-likeness (QED) is 0.826. The average molecular weight is 387 g/mol. The van der Waals surface area contributed by atoms with Crippen LogP contribution in [0.2, 0.25) is 5.02 Å². The Balaban J connectivity index is 1.52. The molecule has 2 heterocycles. The lowest BCUT2D eigenvalue weighted by Gasteiger charge is -2.36. The summed E-state index contributed by atoms with van der Waals surface area (Å²) in [6, 6.07) is 13.9. The number of amides is 1. The lowest BCUT2D eigenvalue weighted by molar-refractivity contribution is -0.130. The summed E-state index contributed by atoms with van der Waals surface area (Å²) in [5.74, 6) is 1.50. The van der Waals surface area contributed by atoms with Crippen molar-refractivity contribution in [3.63, 3.8) is 0 Å². The molecule has 6 heteroatoms. The van der Waals surface area contributed by atoms with Crippen LogP contribution in [0, 0.1) is 5.92 Å². The molecule has 27 heavy (non-hydrogen) atoms. The van der Waals surface area contributed by atoms with Crippen LogP contribution in [0.3, 0.4) is 0 Å². The highest BCUT2D eigenvalue weighted by Crippen LogP contribution is 2.23. The minimum Gasteiger partial charge on any atom is -0.353 e. The monoisotopic (exact) mass is 386 g/mol. The van der Waals surface area contributed by atoms with Gasteiger partial charge in [-0.2, -0.15) is 0 Å². The van der Waals surface area contributed by atoms with Crippen molar-refractivity contribution in [2.45, 2.75) is 19.9 Å². The Morgan fingerprint density at radius 3 is 2.41 bits per heavy atom. The Morgan fingerprint density at radius 2 is 1.81 bits per heavy atom. The molecule has 1 unspecified atom stereocenters. The molecule has 1 N–H and O–H groups in total. The molecular formula is C21H27ClN4O. The molecule has 1 aromatic carbocycles. The summed E-state index contributed by atoms with van der Waals surface area (Å²) in [5.41, 5.74) is 1.15. The molecule has 0 aliphatic carbocycles. The van der Waals surface area contributed by atoms with Crippen LogP contribution in [-0.4, -0.2) is 48.5 Å². The van der Waals surface area contributed by atoms with Crippen LogP contribution in [0.1, 0.15) is 25.5 Å². The molecule has 5 nitrogen and oxygen atoms in total. The molecule has 1 fully saturated rings. The summed E-state index contributed by atoms with van der Waals surface area (Å²) in [7, 11) is 0. The number of hydrogen-bond donors (Lipinski definition) is 1. The predicted molar refractivity (Wildman–Crippen MR) is 110 cm³/mol. The number of rotatable bonds is 6.